The number of primary amides is 1. The molecule has 0 bridgehead atoms. The Balaban J connectivity index is 2.29. The van der Waals surface area contributed by atoms with Crippen molar-refractivity contribution < 1.29 is 14.7 Å². The van der Waals surface area contributed by atoms with Crippen molar-refractivity contribution in [3.63, 3.8) is 0 Å². The molecule has 1 aliphatic rings. The van der Waals surface area contributed by atoms with Gasteiger partial charge in [-0.2, -0.15) is 0 Å². The fraction of sp³-hybridized carbons (Fsp3) is 0.333. The highest BCUT2D eigenvalue weighted by atomic mass is 16.4. The van der Waals surface area contributed by atoms with Crippen molar-refractivity contribution in [3.05, 3.63) is 34.9 Å². The molecule has 0 radical (unpaired) electrons. The maximum Gasteiger partial charge on any atom is 0.335 e. The molecule has 1 atom stereocenters. The van der Waals surface area contributed by atoms with Gasteiger partial charge in [-0.3, -0.25) is 4.79 Å². The minimum absolute atomic E-state index is 0.108. The Hall–Kier alpha value is -1.84. The lowest BCUT2D eigenvalue weighted by molar-refractivity contribution is -0.122. The van der Waals surface area contributed by atoms with Gasteiger partial charge in [0.05, 0.1) is 5.56 Å². The zero-order valence-electron chi connectivity index (χ0n) is 8.77. The number of rotatable bonds is 2. The molecular weight excluding hydrogens is 206 g/mol. The maximum absolute atomic E-state index is 11.1. The van der Waals surface area contributed by atoms with Crippen LogP contribution in [0.15, 0.2) is 18.2 Å². The number of carbonyl (C=O) groups excluding carboxylic acids is 1. The normalized spacial score (nSPS) is 18.9. The molecule has 1 aliphatic carbocycles. The number of carboxylic acids is 1. The lowest BCUT2D eigenvalue weighted by Gasteiger charge is -2.22. The lowest BCUT2D eigenvalue weighted by Crippen LogP contribution is -2.28. The van der Waals surface area contributed by atoms with Crippen molar-refractivity contribution in [3.8, 4) is 0 Å². The van der Waals surface area contributed by atoms with E-state index < -0.39 is 5.97 Å². The van der Waals surface area contributed by atoms with Crippen LogP contribution in [0.2, 0.25) is 0 Å². The molecule has 0 fully saturated rings. The quantitative estimate of drug-likeness (QED) is 0.777. The van der Waals surface area contributed by atoms with E-state index in [-0.39, 0.29) is 11.8 Å². The number of fused-ring (bicyclic) bond motifs is 1. The van der Waals surface area contributed by atoms with E-state index >= 15 is 0 Å². The molecule has 4 heteroatoms. The molecule has 1 aromatic rings. The predicted octanol–water partition coefficient (Wildman–Crippen LogP) is 0.975. The summed E-state index contributed by atoms with van der Waals surface area (Å²) in [5, 5.41) is 8.85. The maximum atomic E-state index is 11.1. The molecule has 0 saturated carbocycles. The van der Waals surface area contributed by atoms with Gasteiger partial charge in [-0.05, 0) is 42.5 Å². The number of aryl methyl sites for hydroxylation is 1. The summed E-state index contributed by atoms with van der Waals surface area (Å²) in [6.07, 6.45) is 2.07. The van der Waals surface area contributed by atoms with Gasteiger partial charge in [-0.1, -0.05) is 6.07 Å². The number of aromatic carboxylic acids is 1. The molecule has 3 N–H and O–H groups in total. The zero-order valence-corrected chi connectivity index (χ0v) is 8.77. The van der Waals surface area contributed by atoms with E-state index in [0.29, 0.717) is 18.4 Å². The van der Waals surface area contributed by atoms with Gasteiger partial charge >= 0.3 is 5.97 Å². The lowest BCUT2D eigenvalue weighted by atomic mass is 9.83. The molecule has 84 valence electrons. The summed E-state index contributed by atoms with van der Waals surface area (Å²) >= 11 is 0. The molecule has 0 saturated heterocycles. The Labute approximate surface area is 93.1 Å². The Kier molecular flexibility index (Phi) is 2.64. The number of benzene rings is 1. The Morgan fingerprint density at radius 2 is 2.06 bits per heavy atom. The van der Waals surface area contributed by atoms with E-state index in [0.717, 1.165) is 17.5 Å². The highest BCUT2D eigenvalue weighted by Crippen LogP contribution is 2.26. The summed E-state index contributed by atoms with van der Waals surface area (Å²) in [7, 11) is 0. The van der Waals surface area contributed by atoms with Crippen LogP contribution < -0.4 is 5.73 Å². The second-order valence-electron chi connectivity index (χ2n) is 4.13. The topological polar surface area (TPSA) is 80.4 Å². The molecule has 2 rings (SSSR count). The molecule has 1 aromatic carbocycles. The molecule has 0 spiro atoms. The Morgan fingerprint density at radius 3 is 2.69 bits per heavy atom. The van der Waals surface area contributed by atoms with Gasteiger partial charge in [-0.25, -0.2) is 4.79 Å². The average molecular weight is 219 g/mol. The number of hydrogen-bond donors (Lipinski definition) is 2. The first-order valence-corrected chi connectivity index (χ1v) is 5.22. The first-order chi connectivity index (χ1) is 7.58. The van der Waals surface area contributed by atoms with Crippen molar-refractivity contribution in [2.24, 2.45) is 11.7 Å². The van der Waals surface area contributed by atoms with Crippen molar-refractivity contribution in [1.29, 1.82) is 0 Å². The fourth-order valence-electron chi connectivity index (χ4n) is 2.13. The van der Waals surface area contributed by atoms with E-state index in [4.69, 9.17) is 10.8 Å². The van der Waals surface area contributed by atoms with Crippen molar-refractivity contribution in [2.75, 3.05) is 0 Å². The van der Waals surface area contributed by atoms with Crippen molar-refractivity contribution >= 4 is 11.9 Å². The van der Waals surface area contributed by atoms with E-state index in [1.807, 2.05) is 0 Å². The highest BCUT2D eigenvalue weighted by molar-refractivity contribution is 5.88. The van der Waals surface area contributed by atoms with Crippen molar-refractivity contribution in [2.45, 2.75) is 19.3 Å². The van der Waals surface area contributed by atoms with Gasteiger partial charge in [0.2, 0.25) is 5.91 Å². The van der Waals surface area contributed by atoms with E-state index in [9.17, 15) is 9.59 Å². The number of carbonyl (C=O) groups is 2. The summed E-state index contributed by atoms with van der Waals surface area (Å²) in [6, 6.07) is 5.05. The standard InChI is InChI=1S/C12H13NO3/c13-11(14)9-3-1-8-6-10(12(15)16)4-2-7(8)5-9/h2,4,6,9H,1,3,5H2,(H2,13,14)(H,15,16). The van der Waals surface area contributed by atoms with Crippen LogP contribution >= 0.6 is 0 Å². The summed E-state index contributed by atoms with van der Waals surface area (Å²) in [4.78, 5) is 21.9. The molecule has 1 unspecified atom stereocenters. The third kappa shape index (κ3) is 1.91. The fourth-order valence-corrected chi connectivity index (χ4v) is 2.13. The summed E-state index contributed by atoms with van der Waals surface area (Å²) in [5.74, 6) is -1.30. The predicted molar refractivity (Wildman–Crippen MR) is 58.1 cm³/mol. The van der Waals surface area contributed by atoms with E-state index in [1.54, 1.807) is 18.2 Å². The smallest absolute Gasteiger partial charge is 0.335 e. The number of nitrogens with two attached hydrogens (primary N) is 1. The van der Waals surface area contributed by atoms with Gasteiger partial charge in [0, 0.05) is 5.92 Å². The average Bonchev–Trinajstić information content (AvgIpc) is 2.27. The largest absolute Gasteiger partial charge is 0.478 e. The van der Waals surface area contributed by atoms with Gasteiger partial charge in [0.25, 0.3) is 0 Å². The van der Waals surface area contributed by atoms with Crippen LogP contribution in [0.25, 0.3) is 0 Å². The second-order valence-corrected chi connectivity index (χ2v) is 4.13. The first-order valence-electron chi connectivity index (χ1n) is 5.22. The van der Waals surface area contributed by atoms with Gasteiger partial charge in [-0.15, -0.1) is 0 Å². The third-order valence-electron chi connectivity index (χ3n) is 3.08. The molecule has 0 aliphatic heterocycles. The summed E-state index contributed by atoms with van der Waals surface area (Å²) < 4.78 is 0. The molecule has 0 heterocycles. The number of amides is 1. The van der Waals surface area contributed by atoms with Crippen LogP contribution in [-0.2, 0) is 17.6 Å². The monoisotopic (exact) mass is 219 g/mol. The van der Waals surface area contributed by atoms with E-state index in [2.05, 4.69) is 0 Å². The Morgan fingerprint density at radius 1 is 1.31 bits per heavy atom. The van der Waals surface area contributed by atoms with Crippen LogP contribution in [0.1, 0.15) is 27.9 Å². The van der Waals surface area contributed by atoms with E-state index in [1.165, 1.54) is 0 Å². The summed E-state index contributed by atoms with van der Waals surface area (Å²) in [6.45, 7) is 0. The highest BCUT2D eigenvalue weighted by Gasteiger charge is 2.23. The molecule has 16 heavy (non-hydrogen) atoms. The number of hydrogen-bond acceptors (Lipinski definition) is 2. The zero-order chi connectivity index (χ0) is 11.7. The van der Waals surface area contributed by atoms with Crippen LogP contribution in [0.4, 0.5) is 0 Å². The van der Waals surface area contributed by atoms with Crippen molar-refractivity contribution in [1.82, 2.24) is 0 Å². The second kappa shape index (κ2) is 3.96. The van der Waals surface area contributed by atoms with Gasteiger partial charge < -0.3 is 10.8 Å². The Bertz CT molecular complexity index is 454. The first kappa shape index (κ1) is 10.7. The minimum atomic E-state index is -0.917. The van der Waals surface area contributed by atoms with Crippen LogP contribution in [0.3, 0.4) is 0 Å². The van der Waals surface area contributed by atoms with Gasteiger partial charge in [0.1, 0.15) is 0 Å². The summed E-state index contributed by atoms with van der Waals surface area (Å²) in [5.41, 5.74) is 7.64. The SMILES string of the molecule is NC(=O)C1CCc2cc(C(=O)O)ccc2C1. The number of carboxylic acid groups (broad SMARTS) is 1. The van der Waals surface area contributed by atoms with Crippen LogP contribution in [-0.4, -0.2) is 17.0 Å². The van der Waals surface area contributed by atoms with Crippen LogP contribution in [0, 0.1) is 5.92 Å². The molecular formula is C12H13NO3. The third-order valence-corrected chi connectivity index (χ3v) is 3.08. The minimum Gasteiger partial charge on any atom is -0.478 e. The van der Waals surface area contributed by atoms with Crippen LogP contribution in [0.5, 0.6) is 0 Å². The van der Waals surface area contributed by atoms with Gasteiger partial charge in [0.15, 0.2) is 0 Å². The molecule has 4 nitrogen and oxygen atoms in total. The molecule has 1 amide bonds. The molecule has 0 aromatic heterocycles.